The molecule has 0 unspecified atom stereocenters. The van der Waals surface area contributed by atoms with Gasteiger partial charge in [0.15, 0.2) is 0 Å². The molecule has 5 heteroatoms. The summed E-state index contributed by atoms with van der Waals surface area (Å²) in [6, 6.07) is 13.9. The first-order valence-electron chi connectivity index (χ1n) is 6.60. The first kappa shape index (κ1) is 14.9. The molecule has 3 rings (SSSR count). The summed E-state index contributed by atoms with van der Waals surface area (Å²) in [4.78, 5) is 0. The zero-order chi connectivity index (χ0) is 15.0. The molecule has 108 valence electrons. The van der Waals surface area contributed by atoms with Crippen molar-refractivity contribution >= 4 is 51.0 Å². The van der Waals surface area contributed by atoms with Crippen LogP contribution in [0.5, 0.6) is 0 Å². The maximum absolute atomic E-state index is 6.33. The number of hydrogen-bond acceptors (Lipinski definition) is 2. The van der Waals surface area contributed by atoms with Crippen molar-refractivity contribution < 1.29 is 0 Å². The van der Waals surface area contributed by atoms with Gasteiger partial charge < -0.3 is 0 Å². The molecule has 0 spiro atoms. The Morgan fingerprint density at radius 2 is 1.81 bits per heavy atom. The number of hydrogen-bond donors (Lipinski definition) is 0. The van der Waals surface area contributed by atoms with Crippen LogP contribution in [0.25, 0.3) is 0 Å². The van der Waals surface area contributed by atoms with Gasteiger partial charge in [-0.05, 0) is 35.9 Å². The first-order valence-corrected chi connectivity index (χ1v) is 8.15. The van der Waals surface area contributed by atoms with Gasteiger partial charge in [0.25, 0.3) is 0 Å². The monoisotopic (exact) mass is 382 g/mol. The Balaban J connectivity index is 2.00. The molecule has 0 aromatic heterocycles. The van der Waals surface area contributed by atoms with Crippen LogP contribution >= 0.6 is 39.1 Å². The minimum Gasteiger partial charge on any atom is -0.256 e. The smallest absolute Gasteiger partial charge is 0.0851 e. The van der Waals surface area contributed by atoms with Crippen molar-refractivity contribution in [2.45, 2.75) is 13.0 Å². The molecule has 1 heterocycles. The standard InChI is InChI=1S/C16H13BrCl2N2/c1-10-9-20-21(15-7-6-13(18)8-14(15)19)16(10)11-2-4-12(17)5-3-11/h2-10,16H,1H3/t10-,16-/m1/s1. The van der Waals surface area contributed by atoms with Gasteiger partial charge in [0, 0.05) is 21.6 Å². The number of nitrogens with zero attached hydrogens (tertiary/aromatic N) is 2. The van der Waals surface area contributed by atoms with E-state index in [0.717, 1.165) is 10.2 Å². The average molecular weight is 384 g/mol. The summed E-state index contributed by atoms with van der Waals surface area (Å²) >= 11 is 15.8. The van der Waals surface area contributed by atoms with Crippen LogP contribution in [0.4, 0.5) is 5.69 Å². The van der Waals surface area contributed by atoms with Crippen molar-refractivity contribution in [3.05, 3.63) is 62.5 Å². The molecule has 0 N–H and O–H groups in total. The van der Waals surface area contributed by atoms with Crippen LogP contribution in [0.15, 0.2) is 52.0 Å². The van der Waals surface area contributed by atoms with Crippen LogP contribution in [0, 0.1) is 5.92 Å². The van der Waals surface area contributed by atoms with Crippen molar-refractivity contribution in [1.82, 2.24) is 0 Å². The summed E-state index contributed by atoms with van der Waals surface area (Å²) in [6.07, 6.45) is 1.96. The molecular weight excluding hydrogens is 371 g/mol. The predicted molar refractivity (Wildman–Crippen MR) is 93.5 cm³/mol. The second-order valence-electron chi connectivity index (χ2n) is 5.06. The number of benzene rings is 2. The highest BCUT2D eigenvalue weighted by Gasteiger charge is 2.31. The van der Waals surface area contributed by atoms with Crippen LogP contribution in [0.3, 0.4) is 0 Å². The average Bonchev–Trinajstić information content (AvgIpc) is 2.82. The van der Waals surface area contributed by atoms with Gasteiger partial charge in [0.2, 0.25) is 0 Å². The second kappa shape index (κ2) is 5.99. The third-order valence-electron chi connectivity index (χ3n) is 3.56. The highest BCUT2D eigenvalue weighted by Crippen LogP contribution is 2.40. The summed E-state index contributed by atoms with van der Waals surface area (Å²) in [7, 11) is 0. The van der Waals surface area contributed by atoms with Crippen LogP contribution in [0.1, 0.15) is 18.5 Å². The zero-order valence-corrected chi connectivity index (χ0v) is 14.4. The van der Waals surface area contributed by atoms with Crippen LogP contribution in [0.2, 0.25) is 10.0 Å². The molecule has 21 heavy (non-hydrogen) atoms. The normalized spacial score (nSPS) is 21.0. The minimum absolute atomic E-state index is 0.136. The topological polar surface area (TPSA) is 15.6 Å². The SMILES string of the molecule is C[C@@H]1C=NN(c2ccc(Cl)cc2Cl)[C@H]1c1ccc(Br)cc1. The lowest BCUT2D eigenvalue weighted by atomic mass is 9.96. The van der Waals surface area contributed by atoms with E-state index in [4.69, 9.17) is 23.2 Å². The van der Waals surface area contributed by atoms with Gasteiger partial charge in [0.1, 0.15) is 0 Å². The number of halogens is 3. The van der Waals surface area contributed by atoms with E-state index in [1.165, 1.54) is 5.56 Å². The van der Waals surface area contributed by atoms with E-state index in [0.29, 0.717) is 16.0 Å². The molecule has 0 radical (unpaired) electrons. The van der Waals surface area contributed by atoms with Crippen molar-refractivity contribution in [3.8, 4) is 0 Å². The summed E-state index contributed by atoms with van der Waals surface area (Å²) in [5.41, 5.74) is 2.07. The van der Waals surface area contributed by atoms with Gasteiger partial charge in [-0.25, -0.2) is 0 Å². The maximum Gasteiger partial charge on any atom is 0.0851 e. The van der Waals surface area contributed by atoms with Gasteiger partial charge in [0.05, 0.1) is 16.8 Å². The zero-order valence-electron chi connectivity index (χ0n) is 11.3. The second-order valence-corrected chi connectivity index (χ2v) is 6.82. The van der Waals surface area contributed by atoms with Crippen LogP contribution in [-0.2, 0) is 0 Å². The maximum atomic E-state index is 6.33. The summed E-state index contributed by atoms with van der Waals surface area (Å²) in [6.45, 7) is 2.15. The van der Waals surface area contributed by atoms with E-state index in [9.17, 15) is 0 Å². The largest absolute Gasteiger partial charge is 0.256 e. The highest BCUT2D eigenvalue weighted by atomic mass is 79.9. The highest BCUT2D eigenvalue weighted by molar-refractivity contribution is 9.10. The molecule has 2 atom stereocenters. The fourth-order valence-corrected chi connectivity index (χ4v) is 3.30. The summed E-state index contributed by atoms with van der Waals surface area (Å²) < 4.78 is 1.06. The molecular formula is C16H13BrCl2N2. The Morgan fingerprint density at radius 1 is 1.10 bits per heavy atom. The van der Waals surface area contributed by atoms with E-state index >= 15 is 0 Å². The molecule has 2 aromatic carbocycles. The molecule has 0 bridgehead atoms. The molecule has 0 saturated carbocycles. The summed E-state index contributed by atoms with van der Waals surface area (Å²) in [5.74, 6) is 0.304. The minimum atomic E-state index is 0.136. The molecule has 0 fully saturated rings. The Bertz CT molecular complexity index is 685. The lowest BCUT2D eigenvalue weighted by molar-refractivity contribution is 0.592. The Morgan fingerprint density at radius 3 is 2.48 bits per heavy atom. The van der Waals surface area contributed by atoms with Gasteiger partial charge in [-0.2, -0.15) is 5.10 Å². The van der Waals surface area contributed by atoms with Crippen molar-refractivity contribution in [2.24, 2.45) is 11.0 Å². The van der Waals surface area contributed by atoms with Crippen molar-refractivity contribution in [3.63, 3.8) is 0 Å². The van der Waals surface area contributed by atoms with Crippen LogP contribution < -0.4 is 5.01 Å². The van der Waals surface area contributed by atoms with Gasteiger partial charge >= 0.3 is 0 Å². The number of rotatable bonds is 2. The van der Waals surface area contributed by atoms with Crippen LogP contribution in [-0.4, -0.2) is 6.21 Å². The Labute approximate surface area is 142 Å². The molecule has 2 nitrogen and oxygen atoms in total. The Hall–Kier alpha value is -1.03. The molecule has 0 saturated heterocycles. The third kappa shape index (κ3) is 2.96. The number of hydrazone groups is 1. The van der Waals surface area contributed by atoms with Gasteiger partial charge in [-0.15, -0.1) is 0 Å². The van der Waals surface area contributed by atoms with Gasteiger partial charge in [-0.3, -0.25) is 5.01 Å². The number of anilines is 1. The van der Waals surface area contributed by atoms with E-state index in [1.54, 1.807) is 6.07 Å². The van der Waals surface area contributed by atoms with Crippen molar-refractivity contribution in [1.29, 1.82) is 0 Å². The Kier molecular flexibility index (Phi) is 4.25. The van der Waals surface area contributed by atoms with Crippen molar-refractivity contribution in [2.75, 3.05) is 5.01 Å². The van der Waals surface area contributed by atoms with E-state index in [-0.39, 0.29) is 6.04 Å². The van der Waals surface area contributed by atoms with E-state index in [2.05, 4.69) is 40.1 Å². The summed E-state index contributed by atoms with van der Waals surface area (Å²) in [5, 5.41) is 7.72. The van der Waals surface area contributed by atoms with Gasteiger partial charge in [-0.1, -0.05) is 58.2 Å². The van der Waals surface area contributed by atoms with E-state index in [1.807, 2.05) is 35.5 Å². The molecule has 0 amide bonds. The molecule has 0 aliphatic carbocycles. The molecule has 1 aliphatic heterocycles. The third-order valence-corrected chi connectivity index (χ3v) is 4.62. The lowest BCUT2D eigenvalue weighted by Gasteiger charge is -2.27. The fourth-order valence-electron chi connectivity index (χ4n) is 2.54. The predicted octanol–water partition coefficient (Wildman–Crippen LogP) is 5.94. The quantitative estimate of drug-likeness (QED) is 0.626. The lowest BCUT2D eigenvalue weighted by Crippen LogP contribution is -2.23. The van der Waals surface area contributed by atoms with E-state index < -0.39 is 0 Å². The molecule has 1 aliphatic rings. The molecule has 2 aromatic rings. The first-order chi connectivity index (χ1) is 10.1. The fraction of sp³-hybridized carbons (Fsp3) is 0.188.